The summed E-state index contributed by atoms with van der Waals surface area (Å²) in [6.07, 6.45) is 0. The Morgan fingerprint density at radius 3 is 1.95 bits per heavy atom. The van der Waals surface area contributed by atoms with E-state index in [-0.39, 0.29) is 26.0 Å². The fourth-order valence-electron chi connectivity index (χ4n) is 1.43. The van der Waals surface area contributed by atoms with E-state index in [1.165, 1.54) is 6.07 Å². The highest BCUT2D eigenvalue weighted by molar-refractivity contribution is 9.10. The Balaban J connectivity index is 2.42. The normalized spacial score (nSPS) is 10.6. The molecule has 0 spiro atoms. The van der Waals surface area contributed by atoms with E-state index in [1.54, 1.807) is 0 Å². The molecule has 0 aliphatic rings. The summed E-state index contributed by atoms with van der Waals surface area (Å²) in [6.45, 7) is 0. The number of hydrogen-bond acceptors (Lipinski definition) is 2. The van der Waals surface area contributed by atoms with E-state index in [1.807, 2.05) is 0 Å². The summed E-state index contributed by atoms with van der Waals surface area (Å²) in [7, 11) is 0. The lowest BCUT2D eigenvalue weighted by Crippen LogP contribution is -2.00. The lowest BCUT2D eigenvalue weighted by Gasteiger charge is -2.11. The second-order valence-corrected chi connectivity index (χ2v) is 5.43. The van der Waals surface area contributed by atoms with Gasteiger partial charge in [-0.25, -0.2) is 13.2 Å². The van der Waals surface area contributed by atoms with Crippen molar-refractivity contribution in [1.29, 1.82) is 0 Å². The van der Waals surface area contributed by atoms with Gasteiger partial charge in [-0.1, -0.05) is 0 Å². The molecule has 0 fully saturated rings. The van der Waals surface area contributed by atoms with E-state index >= 15 is 0 Å². The van der Waals surface area contributed by atoms with Gasteiger partial charge in [-0.05, 0) is 44.0 Å². The van der Waals surface area contributed by atoms with Crippen LogP contribution in [0.2, 0.25) is 0 Å². The Morgan fingerprint density at radius 1 is 0.789 bits per heavy atom. The van der Waals surface area contributed by atoms with Crippen molar-refractivity contribution < 1.29 is 13.2 Å². The Hall–Kier alpha value is -1.21. The predicted octanol–water partition coefficient (Wildman–Crippen LogP) is 4.95. The molecule has 3 N–H and O–H groups in total. The van der Waals surface area contributed by atoms with Crippen LogP contribution in [0.5, 0.6) is 0 Å². The fraction of sp³-hybridized carbons (Fsp3) is 0. The highest BCUT2D eigenvalue weighted by atomic mass is 79.9. The molecule has 2 rings (SSSR count). The van der Waals surface area contributed by atoms with E-state index < -0.39 is 17.5 Å². The van der Waals surface area contributed by atoms with Gasteiger partial charge in [0.15, 0.2) is 0 Å². The maximum atomic E-state index is 13.6. The van der Waals surface area contributed by atoms with Crippen molar-refractivity contribution >= 4 is 48.9 Å². The quantitative estimate of drug-likeness (QED) is 0.557. The smallest absolute Gasteiger partial charge is 0.147 e. The van der Waals surface area contributed by atoms with Gasteiger partial charge in [0, 0.05) is 12.1 Å². The van der Waals surface area contributed by atoms with Crippen LogP contribution in [0, 0.1) is 17.5 Å². The molecule has 0 radical (unpaired) electrons. The van der Waals surface area contributed by atoms with E-state index in [0.29, 0.717) is 0 Å². The van der Waals surface area contributed by atoms with Gasteiger partial charge in [0.05, 0.1) is 26.0 Å². The monoisotopic (exact) mass is 394 g/mol. The van der Waals surface area contributed by atoms with Crippen LogP contribution in [0.1, 0.15) is 0 Å². The highest BCUT2D eigenvalue weighted by Crippen LogP contribution is 2.31. The minimum absolute atomic E-state index is 0.00510. The van der Waals surface area contributed by atoms with E-state index in [0.717, 1.165) is 18.2 Å². The summed E-state index contributed by atoms with van der Waals surface area (Å²) < 4.78 is 40.6. The first kappa shape index (κ1) is 14.2. The number of hydrogen-bond donors (Lipinski definition) is 2. The molecule has 0 saturated heterocycles. The summed E-state index contributed by atoms with van der Waals surface area (Å²) in [6, 6.07) is 4.37. The molecule has 19 heavy (non-hydrogen) atoms. The standard InChI is InChI=1S/C12H7Br2F3N2/c13-5-1-9(17)11(3-7(5)15)19-12-4-8(16)6(14)2-10(12)18/h1-4,19H,18H2. The third-order valence-corrected chi connectivity index (χ3v) is 3.59. The molecule has 0 amide bonds. The van der Waals surface area contributed by atoms with E-state index in [9.17, 15) is 13.2 Å². The van der Waals surface area contributed by atoms with E-state index in [4.69, 9.17) is 5.73 Å². The van der Waals surface area contributed by atoms with Gasteiger partial charge in [-0.3, -0.25) is 0 Å². The largest absolute Gasteiger partial charge is 0.397 e. The van der Waals surface area contributed by atoms with Crippen LogP contribution in [0.15, 0.2) is 33.2 Å². The molecular weight excluding hydrogens is 389 g/mol. The summed E-state index contributed by atoms with van der Waals surface area (Å²) in [5, 5.41) is 2.55. The van der Waals surface area contributed by atoms with Crippen LogP contribution in [0.3, 0.4) is 0 Å². The summed E-state index contributed by atoms with van der Waals surface area (Å²) in [5.41, 5.74) is 5.90. The Bertz CT molecular complexity index is 592. The molecule has 0 heterocycles. The van der Waals surface area contributed by atoms with Crippen LogP contribution in [-0.4, -0.2) is 0 Å². The topological polar surface area (TPSA) is 38.0 Å². The zero-order valence-electron chi connectivity index (χ0n) is 9.28. The third-order valence-electron chi connectivity index (χ3n) is 2.37. The van der Waals surface area contributed by atoms with Gasteiger partial charge >= 0.3 is 0 Å². The summed E-state index contributed by atoms with van der Waals surface area (Å²) in [4.78, 5) is 0. The zero-order valence-corrected chi connectivity index (χ0v) is 12.4. The fourth-order valence-corrected chi connectivity index (χ4v) is 2.11. The van der Waals surface area contributed by atoms with Crippen molar-refractivity contribution in [2.45, 2.75) is 0 Å². The molecule has 100 valence electrons. The number of halogens is 5. The Morgan fingerprint density at radius 2 is 1.32 bits per heavy atom. The number of benzene rings is 2. The first-order valence-electron chi connectivity index (χ1n) is 5.04. The lowest BCUT2D eigenvalue weighted by atomic mass is 10.2. The molecule has 2 aromatic carbocycles. The third kappa shape index (κ3) is 3.03. The molecule has 2 nitrogen and oxygen atoms in total. The van der Waals surface area contributed by atoms with Gasteiger partial charge in [0.2, 0.25) is 0 Å². The van der Waals surface area contributed by atoms with Crippen molar-refractivity contribution in [3.05, 3.63) is 50.7 Å². The molecular formula is C12H7Br2F3N2. The number of anilines is 3. The predicted molar refractivity (Wildman–Crippen MR) is 75.9 cm³/mol. The highest BCUT2D eigenvalue weighted by Gasteiger charge is 2.11. The van der Waals surface area contributed by atoms with E-state index in [2.05, 4.69) is 37.2 Å². The second kappa shape index (κ2) is 5.42. The summed E-state index contributed by atoms with van der Waals surface area (Å²) in [5.74, 6) is -1.88. The van der Waals surface area contributed by atoms with Gasteiger partial charge in [0.25, 0.3) is 0 Å². The van der Waals surface area contributed by atoms with Crippen molar-refractivity contribution in [3.63, 3.8) is 0 Å². The van der Waals surface area contributed by atoms with Gasteiger partial charge in [-0.15, -0.1) is 0 Å². The summed E-state index contributed by atoms with van der Waals surface area (Å²) >= 11 is 5.85. The maximum Gasteiger partial charge on any atom is 0.147 e. The van der Waals surface area contributed by atoms with Gasteiger partial charge in [-0.2, -0.15) is 0 Å². The molecule has 0 aromatic heterocycles. The van der Waals surface area contributed by atoms with Gasteiger partial charge < -0.3 is 11.1 Å². The van der Waals surface area contributed by atoms with Crippen LogP contribution in [-0.2, 0) is 0 Å². The second-order valence-electron chi connectivity index (χ2n) is 3.72. The van der Waals surface area contributed by atoms with Crippen molar-refractivity contribution in [2.24, 2.45) is 0 Å². The minimum Gasteiger partial charge on any atom is -0.397 e. The zero-order chi connectivity index (χ0) is 14.2. The van der Waals surface area contributed by atoms with Crippen LogP contribution in [0.25, 0.3) is 0 Å². The molecule has 0 aliphatic carbocycles. The lowest BCUT2D eigenvalue weighted by molar-refractivity contribution is 0.597. The van der Waals surface area contributed by atoms with Crippen molar-refractivity contribution in [2.75, 3.05) is 11.1 Å². The number of rotatable bonds is 2. The first-order chi connectivity index (χ1) is 8.88. The number of nitrogens with two attached hydrogens (primary N) is 1. The number of nitrogen functional groups attached to an aromatic ring is 1. The Kier molecular flexibility index (Phi) is 4.05. The molecule has 0 bridgehead atoms. The average molecular weight is 396 g/mol. The van der Waals surface area contributed by atoms with Crippen molar-refractivity contribution in [3.8, 4) is 0 Å². The molecule has 0 atom stereocenters. The molecule has 2 aromatic rings. The number of nitrogens with one attached hydrogen (secondary N) is 1. The van der Waals surface area contributed by atoms with Crippen LogP contribution >= 0.6 is 31.9 Å². The Labute approximate surface area is 124 Å². The molecule has 0 aliphatic heterocycles. The van der Waals surface area contributed by atoms with Gasteiger partial charge in [0.1, 0.15) is 17.5 Å². The molecule has 0 saturated carbocycles. The SMILES string of the molecule is Nc1cc(Br)c(F)cc1Nc1cc(F)c(Br)cc1F. The minimum atomic E-state index is -0.684. The molecule has 0 unspecified atom stereocenters. The van der Waals surface area contributed by atoms with Crippen molar-refractivity contribution in [1.82, 2.24) is 0 Å². The van der Waals surface area contributed by atoms with Crippen LogP contribution in [0.4, 0.5) is 30.2 Å². The first-order valence-corrected chi connectivity index (χ1v) is 6.63. The van der Waals surface area contributed by atoms with Crippen LogP contribution < -0.4 is 11.1 Å². The maximum absolute atomic E-state index is 13.6. The average Bonchev–Trinajstić information content (AvgIpc) is 2.32. The molecule has 7 heteroatoms.